The number of amides is 1. The molecule has 0 N–H and O–H groups in total. The molecule has 1 aliphatic heterocycles. The van der Waals surface area contributed by atoms with Crippen LogP contribution in [0.15, 0.2) is 24.3 Å². The summed E-state index contributed by atoms with van der Waals surface area (Å²) in [6, 6.07) is 7.35. The van der Waals surface area contributed by atoms with Crippen LogP contribution >= 0.6 is 11.6 Å². The number of rotatable bonds is 2. The number of ether oxygens (including phenoxy) is 1. The van der Waals surface area contributed by atoms with Crippen LogP contribution in [-0.2, 0) is 4.74 Å². The van der Waals surface area contributed by atoms with Crippen molar-refractivity contribution in [1.82, 2.24) is 19.7 Å². The largest absolute Gasteiger partial charge is 0.372 e. The van der Waals surface area contributed by atoms with Gasteiger partial charge in [0.05, 0.1) is 22.9 Å². The van der Waals surface area contributed by atoms with Gasteiger partial charge in [-0.2, -0.15) is 0 Å². The lowest BCUT2D eigenvalue weighted by atomic mass is 10.2. The Morgan fingerprint density at radius 3 is 2.57 bits per heavy atom. The number of benzene rings is 1. The summed E-state index contributed by atoms with van der Waals surface area (Å²) >= 11 is 6.21. The normalized spacial score (nSPS) is 21.5. The number of carbonyl (C=O) groups excluding carboxylic acids is 1. The van der Waals surface area contributed by atoms with Gasteiger partial charge in [0.15, 0.2) is 0 Å². The third-order valence-electron chi connectivity index (χ3n) is 3.75. The Bertz CT molecular complexity index is 721. The number of halogens is 1. The summed E-state index contributed by atoms with van der Waals surface area (Å²) in [6.07, 6.45) is 0.0175. The lowest BCUT2D eigenvalue weighted by Crippen LogP contribution is -2.48. The van der Waals surface area contributed by atoms with Gasteiger partial charge < -0.3 is 9.64 Å². The molecular formula is C16H19ClN4O2. The van der Waals surface area contributed by atoms with Crippen molar-refractivity contribution < 1.29 is 9.53 Å². The predicted octanol–water partition coefficient (Wildman–Crippen LogP) is 2.48. The second-order valence-electron chi connectivity index (χ2n) is 5.81. The van der Waals surface area contributed by atoms with Gasteiger partial charge in [0.25, 0.3) is 5.91 Å². The molecule has 0 bridgehead atoms. The van der Waals surface area contributed by atoms with E-state index in [1.165, 1.54) is 0 Å². The quantitative estimate of drug-likeness (QED) is 0.846. The van der Waals surface area contributed by atoms with Crippen LogP contribution in [0.25, 0.3) is 5.69 Å². The van der Waals surface area contributed by atoms with Gasteiger partial charge in [0.2, 0.25) is 5.82 Å². The second-order valence-corrected chi connectivity index (χ2v) is 6.22. The van der Waals surface area contributed by atoms with Crippen molar-refractivity contribution in [2.24, 2.45) is 0 Å². The molecule has 1 amide bonds. The van der Waals surface area contributed by atoms with Crippen molar-refractivity contribution in [1.29, 1.82) is 0 Å². The molecule has 23 heavy (non-hydrogen) atoms. The Labute approximate surface area is 140 Å². The van der Waals surface area contributed by atoms with Crippen molar-refractivity contribution in [3.63, 3.8) is 0 Å². The van der Waals surface area contributed by atoms with Crippen molar-refractivity contribution in [2.45, 2.75) is 33.0 Å². The highest BCUT2D eigenvalue weighted by Gasteiger charge is 2.29. The van der Waals surface area contributed by atoms with Crippen LogP contribution in [0.1, 0.15) is 30.3 Å². The molecule has 122 valence electrons. The fourth-order valence-corrected chi connectivity index (χ4v) is 3.03. The molecule has 1 fully saturated rings. The SMILES string of the molecule is Cc1nc(C(=O)N2CC(C)OC(C)C2)nn1-c1ccccc1Cl. The highest BCUT2D eigenvalue weighted by Crippen LogP contribution is 2.21. The third kappa shape index (κ3) is 3.23. The fraction of sp³-hybridized carbons (Fsp3) is 0.438. The van der Waals surface area contributed by atoms with E-state index in [0.717, 1.165) is 0 Å². The summed E-state index contributed by atoms with van der Waals surface area (Å²) in [5.41, 5.74) is 0.710. The van der Waals surface area contributed by atoms with E-state index in [1.54, 1.807) is 22.6 Å². The lowest BCUT2D eigenvalue weighted by Gasteiger charge is -2.34. The molecule has 2 atom stereocenters. The van der Waals surface area contributed by atoms with Gasteiger partial charge in [-0.3, -0.25) is 4.79 Å². The minimum atomic E-state index is -0.180. The molecule has 0 aliphatic carbocycles. The number of para-hydroxylation sites is 1. The molecular weight excluding hydrogens is 316 g/mol. The van der Waals surface area contributed by atoms with E-state index in [2.05, 4.69) is 10.1 Å². The molecule has 6 nitrogen and oxygen atoms in total. The van der Waals surface area contributed by atoms with Crippen molar-refractivity contribution >= 4 is 17.5 Å². The van der Waals surface area contributed by atoms with Gasteiger partial charge in [0.1, 0.15) is 5.82 Å². The molecule has 1 saturated heterocycles. The maximum atomic E-state index is 12.7. The first-order chi connectivity index (χ1) is 11.0. The Kier molecular flexibility index (Phi) is 4.37. The predicted molar refractivity (Wildman–Crippen MR) is 87.0 cm³/mol. The number of morpholine rings is 1. The average molecular weight is 335 g/mol. The molecule has 0 radical (unpaired) electrons. The molecule has 0 spiro atoms. The van der Waals surface area contributed by atoms with E-state index in [-0.39, 0.29) is 23.9 Å². The summed E-state index contributed by atoms with van der Waals surface area (Å²) in [7, 11) is 0. The van der Waals surface area contributed by atoms with Crippen LogP contribution < -0.4 is 0 Å². The molecule has 1 aromatic heterocycles. The van der Waals surface area contributed by atoms with Crippen LogP contribution in [0.4, 0.5) is 0 Å². The number of aryl methyl sites for hydroxylation is 1. The monoisotopic (exact) mass is 334 g/mol. The van der Waals surface area contributed by atoms with E-state index >= 15 is 0 Å². The van der Waals surface area contributed by atoms with Crippen LogP contribution in [0.2, 0.25) is 5.02 Å². The first-order valence-corrected chi connectivity index (χ1v) is 7.97. The van der Waals surface area contributed by atoms with Gasteiger partial charge in [0, 0.05) is 13.1 Å². The molecule has 3 rings (SSSR count). The summed E-state index contributed by atoms with van der Waals surface area (Å²) in [6.45, 7) is 6.80. The zero-order chi connectivity index (χ0) is 16.6. The van der Waals surface area contributed by atoms with Crippen LogP contribution in [-0.4, -0.2) is 50.9 Å². The zero-order valence-electron chi connectivity index (χ0n) is 13.4. The van der Waals surface area contributed by atoms with Crippen molar-refractivity contribution in [3.05, 3.63) is 40.9 Å². The average Bonchev–Trinajstić information content (AvgIpc) is 2.88. The molecule has 7 heteroatoms. The minimum Gasteiger partial charge on any atom is -0.372 e. The van der Waals surface area contributed by atoms with Crippen LogP contribution in [0.3, 0.4) is 0 Å². The minimum absolute atomic E-state index is 0.00875. The van der Waals surface area contributed by atoms with Crippen LogP contribution in [0, 0.1) is 6.92 Å². The summed E-state index contributed by atoms with van der Waals surface area (Å²) in [4.78, 5) is 18.7. The van der Waals surface area contributed by atoms with Gasteiger partial charge >= 0.3 is 0 Å². The maximum absolute atomic E-state index is 12.7. The highest BCUT2D eigenvalue weighted by atomic mass is 35.5. The Morgan fingerprint density at radius 1 is 1.26 bits per heavy atom. The molecule has 2 aromatic rings. The fourth-order valence-electron chi connectivity index (χ4n) is 2.82. The lowest BCUT2D eigenvalue weighted by molar-refractivity contribution is -0.0588. The van der Waals surface area contributed by atoms with Gasteiger partial charge in [-0.15, -0.1) is 5.10 Å². The molecule has 2 unspecified atom stereocenters. The van der Waals surface area contributed by atoms with Crippen molar-refractivity contribution in [3.8, 4) is 5.69 Å². The zero-order valence-corrected chi connectivity index (χ0v) is 14.1. The number of nitrogens with zero attached hydrogens (tertiary/aromatic N) is 4. The first kappa shape index (κ1) is 16.0. The van der Waals surface area contributed by atoms with Crippen LogP contribution in [0.5, 0.6) is 0 Å². The Balaban J connectivity index is 1.89. The number of carbonyl (C=O) groups is 1. The van der Waals surface area contributed by atoms with Gasteiger partial charge in [-0.05, 0) is 32.9 Å². The molecule has 0 saturated carbocycles. The standard InChI is InChI=1S/C16H19ClN4O2/c1-10-8-20(9-11(2)23-10)16(22)15-18-12(3)21(19-15)14-7-5-4-6-13(14)17/h4-7,10-11H,8-9H2,1-3H3. The number of hydrogen-bond donors (Lipinski definition) is 0. The molecule has 2 heterocycles. The summed E-state index contributed by atoms with van der Waals surface area (Å²) < 4.78 is 7.26. The van der Waals surface area contributed by atoms with E-state index < -0.39 is 0 Å². The molecule has 1 aromatic carbocycles. The highest BCUT2D eigenvalue weighted by molar-refractivity contribution is 6.32. The first-order valence-electron chi connectivity index (χ1n) is 7.59. The molecule has 1 aliphatic rings. The third-order valence-corrected chi connectivity index (χ3v) is 4.07. The second kappa shape index (κ2) is 6.29. The van der Waals surface area contributed by atoms with Gasteiger partial charge in [-0.1, -0.05) is 23.7 Å². The van der Waals surface area contributed by atoms with Gasteiger partial charge in [-0.25, -0.2) is 9.67 Å². The van der Waals surface area contributed by atoms with E-state index in [4.69, 9.17) is 16.3 Å². The topological polar surface area (TPSA) is 60.3 Å². The van der Waals surface area contributed by atoms with E-state index in [9.17, 15) is 4.79 Å². The Morgan fingerprint density at radius 2 is 1.91 bits per heavy atom. The van der Waals surface area contributed by atoms with Crippen molar-refractivity contribution in [2.75, 3.05) is 13.1 Å². The summed E-state index contributed by atoms with van der Waals surface area (Å²) in [5, 5.41) is 4.92. The van der Waals surface area contributed by atoms with E-state index in [0.29, 0.717) is 29.6 Å². The van der Waals surface area contributed by atoms with E-state index in [1.807, 2.05) is 32.0 Å². The summed E-state index contributed by atoms with van der Waals surface area (Å²) in [5.74, 6) is 0.625. The number of hydrogen-bond acceptors (Lipinski definition) is 4. The maximum Gasteiger partial charge on any atom is 0.293 e. The Hall–Kier alpha value is -1.92. The number of aromatic nitrogens is 3. The smallest absolute Gasteiger partial charge is 0.293 e.